The van der Waals surface area contributed by atoms with Gasteiger partial charge in [0.15, 0.2) is 0 Å². The molecule has 0 aliphatic heterocycles. The fourth-order valence-electron chi connectivity index (χ4n) is 0.822. The Morgan fingerprint density at radius 2 is 1.71 bits per heavy atom. The van der Waals surface area contributed by atoms with E-state index in [2.05, 4.69) is 15.9 Å². The Balaban J connectivity index is 0.00000169. The van der Waals surface area contributed by atoms with E-state index in [1.807, 2.05) is 0 Å². The van der Waals surface area contributed by atoms with Crippen molar-refractivity contribution >= 4 is 27.9 Å². The summed E-state index contributed by atoms with van der Waals surface area (Å²) in [6.07, 6.45) is 0. The average Bonchev–Trinajstić information content (AvgIpc) is 2.03. The minimum atomic E-state index is -1.09. The molecule has 1 aromatic carbocycles. The van der Waals surface area contributed by atoms with E-state index in [4.69, 9.17) is 10.2 Å². The van der Waals surface area contributed by atoms with Crippen molar-refractivity contribution in [1.82, 2.24) is 0 Å². The molecular weight excluding hydrogens is 304 g/mol. The Hall–Kier alpha value is -0.841. The molecule has 1 rings (SSSR count). The molecule has 6 heteroatoms. The van der Waals surface area contributed by atoms with Crippen molar-refractivity contribution in [3.63, 3.8) is 0 Å². The van der Waals surface area contributed by atoms with Crippen molar-refractivity contribution in [2.45, 2.75) is 0 Å². The molecule has 0 unspecified atom stereocenters. The fourth-order valence-corrected chi connectivity index (χ4v) is 1.37. The van der Waals surface area contributed by atoms with Crippen molar-refractivity contribution in [2.24, 2.45) is 0 Å². The summed E-state index contributed by atoms with van der Waals surface area (Å²) >= 11 is 2.97. The van der Waals surface area contributed by atoms with Crippen LogP contribution in [0.15, 0.2) is 22.7 Å². The molecule has 1 aromatic rings. The molecular formula is C8H5BrCuO4. The summed E-state index contributed by atoms with van der Waals surface area (Å²) in [7, 11) is 0. The van der Waals surface area contributed by atoms with Crippen LogP contribution < -0.4 is 0 Å². The van der Waals surface area contributed by atoms with Gasteiger partial charge in [-0.15, -0.1) is 0 Å². The van der Waals surface area contributed by atoms with Crippen molar-refractivity contribution in [3.8, 4) is 0 Å². The van der Waals surface area contributed by atoms with E-state index < -0.39 is 11.9 Å². The van der Waals surface area contributed by atoms with E-state index in [9.17, 15) is 9.59 Å². The van der Waals surface area contributed by atoms with Crippen LogP contribution in [0.2, 0.25) is 0 Å². The molecule has 0 bridgehead atoms. The molecule has 0 amide bonds. The standard InChI is InChI=1S/C8H5BrO4.Cu/c9-6-3-4(7(10)11)1-2-5(6)8(12)13;/h1-3H,(H,10,11)(H,12,13);. The zero-order chi connectivity index (χ0) is 10.0. The Morgan fingerprint density at radius 3 is 2.07 bits per heavy atom. The van der Waals surface area contributed by atoms with Gasteiger partial charge in [0.1, 0.15) is 0 Å². The van der Waals surface area contributed by atoms with Gasteiger partial charge >= 0.3 is 11.9 Å². The summed E-state index contributed by atoms with van der Waals surface area (Å²) < 4.78 is 0.264. The number of carboxylic acid groups (broad SMARTS) is 2. The first kappa shape index (κ1) is 13.2. The summed E-state index contributed by atoms with van der Waals surface area (Å²) in [6, 6.07) is 3.75. The van der Waals surface area contributed by atoms with Gasteiger partial charge in [0.05, 0.1) is 11.1 Å². The number of rotatable bonds is 2. The zero-order valence-electron chi connectivity index (χ0n) is 6.62. The van der Waals surface area contributed by atoms with E-state index in [-0.39, 0.29) is 32.7 Å². The predicted octanol–water partition coefficient (Wildman–Crippen LogP) is 1.84. The molecule has 0 aliphatic rings. The number of halogens is 1. The molecule has 0 heterocycles. The summed E-state index contributed by atoms with van der Waals surface area (Å²) in [5.74, 6) is -2.18. The molecule has 14 heavy (non-hydrogen) atoms. The van der Waals surface area contributed by atoms with Crippen LogP contribution in [0.25, 0.3) is 0 Å². The first-order valence-corrected chi connectivity index (χ1v) is 4.08. The van der Waals surface area contributed by atoms with Crippen LogP contribution in [0, 0.1) is 0 Å². The topological polar surface area (TPSA) is 74.6 Å². The Morgan fingerprint density at radius 1 is 1.14 bits per heavy atom. The second kappa shape index (κ2) is 5.14. The number of aromatic carboxylic acids is 2. The van der Waals surface area contributed by atoms with Gasteiger partial charge in [-0.3, -0.25) is 0 Å². The van der Waals surface area contributed by atoms with Gasteiger partial charge in [0.2, 0.25) is 0 Å². The zero-order valence-corrected chi connectivity index (χ0v) is 9.15. The maximum Gasteiger partial charge on any atom is 0.336 e. The van der Waals surface area contributed by atoms with Crippen molar-refractivity contribution in [1.29, 1.82) is 0 Å². The van der Waals surface area contributed by atoms with Gasteiger partial charge in [-0.1, -0.05) is 0 Å². The second-order valence-corrected chi connectivity index (χ2v) is 3.16. The largest absolute Gasteiger partial charge is 0.478 e. The first-order chi connectivity index (χ1) is 6.02. The molecule has 0 saturated heterocycles. The molecule has 0 spiro atoms. The third kappa shape index (κ3) is 2.83. The maximum absolute atomic E-state index is 10.5. The van der Waals surface area contributed by atoms with Crippen molar-refractivity contribution < 1.29 is 36.9 Å². The normalized spacial score (nSPS) is 8.93. The number of carbonyl (C=O) groups is 2. The summed E-state index contributed by atoms with van der Waals surface area (Å²) in [4.78, 5) is 21.0. The molecule has 2 N–H and O–H groups in total. The van der Waals surface area contributed by atoms with Gasteiger partial charge in [-0.2, -0.15) is 0 Å². The maximum atomic E-state index is 10.5. The van der Waals surface area contributed by atoms with Crippen molar-refractivity contribution in [3.05, 3.63) is 33.8 Å². The van der Waals surface area contributed by atoms with Gasteiger partial charge in [-0.05, 0) is 34.1 Å². The average molecular weight is 309 g/mol. The third-order valence-corrected chi connectivity index (χ3v) is 2.10. The van der Waals surface area contributed by atoms with Gasteiger partial charge in [-0.25, -0.2) is 9.59 Å². The summed E-state index contributed by atoms with van der Waals surface area (Å²) in [5, 5.41) is 17.2. The van der Waals surface area contributed by atoms with Crippen LogP contribution in [0.1, 0.15) is 20.7 Å². The van der Waals surface area contributed by atoms with E-state index in [0.717, 1.165) is 0 Å². The number of carboxylic acids is 2. The Kier molecular flexibility index (Phi) is 4.83. The minimum Gasteiger partial charge on any atom is -0.478 e. The fraction of sp³-hybridized carbons (Fsp3) is 0. The molecule has 0 aromatic heterocycles. The summed E-state index contributed by atoms with van der Waals surface area (Å²) in [6.45, 7) is 0. The molecule has 0 aliphatic carbocycles. The van der Waals surface area contributed by atoms with E-state index >= 15 is 0 Å². The van der Waals surface area contributed by atoms with Crippen LogP contribution in [0.4, 0.5) is 0 Å². The number of benzene rings is 1. The number of hydrogen-bond donors (Lipinski definition) is 2. The van der Waals surface area contributed by atoms with Crippen LogP contribution in [0.5, 0.6) is 0 Å². The third-order valence-electron chi connectivity index (χ3n) is 1.45. The quantitative estimate of drug-likeness (QED) is 0.818. The molecule has 0 fully saturated rings. The SMILES string of the molecule is O=C(O)c1ccc(C(=O)O)c(Br)c1.[Cu]. The molecule has 1 radical (unpaired) electrons. The molecule has 0 saturated carbocycles. The second-order valence-electron chi connectivity index (χ2n) is 2.30. The van der Waals surface area contributed by atoms with Crippen LogP contribution in [-0.4, -0.2) is 22.2 Å². The monoisotopic (exact) mass is 307 g/mol. The van der Waals surface area contributed by atoms with Crippen LogP contribution in [0.3, 0.4) is 0 Å². The van der Waals surface area contributed by atoms with Crippen LogP contribution in [-0.2, 0) is 17.1 Å². The van der Waals surface area contributed by atoms with E-state index in [1.54, 1.807) is 0 Å². The Bertz CT molecular complexity index is 378. The van der Waals surface area contributed by atoms with Gasteiger partial charge in [0.25, 0.3) is 0 Å². The predicted molar refractivity (Wildman–Crippen MR) is 48.1 cm³/mol. The van der Waals surface area contributed by atoms with E-state index in [0.29, 0.717) is 0 Å². The molecule has 79 valence electrons. The Labute approximate surface area is 98.5 Å². The van der Waals surface area contributed by atoms with Gasteiger partial charge < -0.3 is 10.2 Å². The summed E-state index contributed by atoms with van der Waals surface area (Å²) in [5.41, 5.74) is 0.0990. The van der Waals surface area contributed by atoms with Gasteiger partial charge in [0, 0.05) is 21.5 Å². The van der Waals surface area contributed by atoms with Crippen molar-refractivity contribution in [2.75, 3.05) is 0 Å². The number of hydrogen-bond acceptors (Lipinski definition) is 2. The minimum absolute atomic E-state index is 0. The smallest absolute Gasteiger partial charge is 0.336 e. The van der Waals surface area contributed by atoms with E-state index in [1.165, 1.54) is 18.2 Å². The molecule has 4 nitrogen and oxygen atoms in total. The molecule has 0 atom stereocenters. The van der Waals surface area contributed by atoms with Crippen LogP contribution >= 0.6 is 15.9 Å². The first-order valence-electron chi connectivity index (χ1n) is 3.28.